The largest absolute Gasteiger partial charge is 0.357 e. The summed E-state index contributed by atoms with van der Waals surface area (Å²) in [5, 5.41) is 14.9. The van der Waals surface area contributed by atoms with Crippen molar-refractivity contribution in [1.29, 1.82) is 0 Å². The van der Waals surface area contributed by atoms with E-state index in [4.69, 9.17) is 11.6 Å². The highest BCUT2D eigenvalue weighted by atomic mass is 35.5. The molecule has 5 nitrogen and oxygen atoms in total. The molecule has 0 saturated carbocycles. The summed E-state index contributed by atoms with van der Waals surface area (Å²) in [5.74, 6) is -0.108. The van der Waals surface area contributed by atoms with Gasteiger partial charge in [0.15, 0.2) is 4.34 Å². The summed E-state index contributed by atoms with van der Waals surface area (Å²) >= 11 is 8.67. The molecule has 116 valence electrons. The van der Waals surface area contributed by atoms with Crippen molar-refractivity contribution in [2.45, 2.75) is 16.5 Å². The first-order chi connectivity index (χ1) is 10.6. The molecule has 2 rings (SSSR count). The lowest BCUT2D eigenvalue weighted by Crippen LogP contribution is -2.22. The molecular weight excluding hydrogens is 340 g/mol. The van der Waals surface area contributed by atoms with Crippen LogP contribution in [0.2, 0.25) is 5.02 Å². The molecule has 2 N–H and O–H groups in total. The molecule has 1 heterocycles. The maximum Gasteiger partial charge on any atom is 0.237 e. The van der Waals surface area contributed by atoms with Gasteiger partial charge in [0, 0.05) is 17.3 Å². The number of halogens is 1. The average molecular weight is 355 g/mol. The monoisotopic (exact) mass is 354 g/mol. The van der Waals surface area contributed by atoms with E-state index in [0.717, 1.165) is 4.34 Å². The molecule has 0 spiro atoms. The Bertz CT molecular complexity index is 662. The van der Waals surface area contributed by atoms with Crippen molar-refractivity contribution in [3.8, 4) is 0 Å². The van der Waals surface area contributed by atoms with E-state index in [2.05, 4.69) is 27.4 Å². The molecule has 1 aromatic carbocycles. The smallest absolute Gasteiger partial charge is 0.237 e. The molecule has 0 unspecified atom stereocenters. The fraction of sp³-hybridized carbons (Fsp3) is 0.214. The molecule has 0 aliphatic rings. The molecule has 22 heavy (non-hydrogen) atoms. The molecule has 0 aliphatic heterocycles. The van der Waals surface area contributed by atoms with Gasteiger partial charge in [0.1, 0.15) is 0 Å². The first-order valence-corrected chi connectivity index (χ1v) is 8.57. The van der Waals surface area contributed by atoms with Gasteiger partial charge < -0.3 is 10.6 Å². The maximum atomic E-state index is 12.2. The summed E-state index contributed by atoms with van der Waals surface area (Å²) in [7, 11) is 0. The van der Waals surface area contributed by atoms with E-state index in [0.29, 0.717) is 22.4 Å². The minimum Gasteiger partial charge on any atom is -0.357 e. The van der Waals surface area contributed by atoms with Crippen molar-refractivity contribution >= 4 is 51.4 Å². The number of thioether (sulfide) groups is 1. The fourth-order valence-electron chi connectivity index (χ4n) is 1.50. The van der Waals surface area contributed by atoms with E-state index in [1.165, 1.54) is 23.1 Å². The van der Waals surface area contributed by atoms with Crippen LogP contribution in [0.25, 0.3) is 0 Å². The number of benzene rings is 1. The van der Waals surface area contributed by atoms with Gasteiger partial charge in [0.2, 0.25) is 11.0 Å². The predicted octanol–water partition coefficient (Wildman–Crippen LogP) is 3.91. The van der Waals surface area contributed by atoms with E-state index in [9.17, 15) is 4.79 Å². The van der Waals surface area contributed by atoms with Crippen molar-refractivity contribution in [1.82, 2.24) is 10.2 Å². The number of carbonyl (C=O) groups excluding carboxylic acids is 1. The minimum atomic E-state index is -0.292. The quantitative estimate of drug-likeness (QED) is 0.583. The van der Waals surface area contributed by atoms with Crippen LogP contribution in [0.3, 0.4) is 0 Å². The third kappa shape index (κ3) is 5.01. The molecule has 1 aromatic heterocycles. The standard InChI is InChI=1S/C14H15ClN4OS2/c1-3-7-16-13-18-19-14(22-13)21-9(2)12(20)17-11-6-4-5-10(15)8-11/h3-6,8-9H,1,7H2,2H3,(H,16,18)(H,17,20)/t9-/m1/s1. The Kier molecular flexibility index (Phi) is 6.23. The minimum absolute atomic E-state index is 0.108. The van der Waals surface area contributed by atoms with Crippen LogP contribution in [-0.4, -0.2) is 27.9 Å². The van der Waals surface area contributed by atoms with Crippen LogP contribution < -0.4 is 10.6 Å². The number of nitrogens with one attached hydrogen (secondary N) is 2. The van der Waals surface area contributed by atoms with Gasteiger partial charge in [-0.25, -0.2) is 0 Å². The van der Waals surface area contributed by atoms with Crippen molar-refractivity contribution in [2.75, 3.05) is 17.2 Å². The van der Waals surface area contributed by atoms with Gasteiger partial charge in [-0.15, -0.1) is 16.8 Å². The Morgan fingerprint density at radius 3 is 3.09 bits per heavy atom. The molecule has 0 aliphatic carbocycles. The van der Waals surface area contributed by atoms with Crippen molar-refractivity contribution in [2.24, 2.45) is 0 Å². The normalized spacial score (nSPS) is 11.7. The number of aromatic nitrogens is 2. The summed E-state index contributed by atoms with van der Waals surface area (Å²) in [6, 6.07) is 7.05. The summed E-state index contributed by atoms with van der Waals surface area (Å²) in [5.41, 5.74) is 0.676. The maximum absolute atomic E-state index is 12.2. The number of hydrogen-bond acceptors (Lipinski definition) is 6. The lowest BCUT2D eigenvalue weighted by atomic mass is 10.3. The number of anilines is 2. The molecule has 0 fully saturated rings. The number of nitrogens with zero attached hydrogens (tertiary/aromatic N) is 2. The first-order valence-electron chi connectivity index (χ1n) is 6.50. The van der Waals surface area contributed by atoms with Crippen LogP contribution in [0, 0.1) is 0 Å². The van der Waals surface area contributed by atoms with Crippen molar-refractivity contribution < 1.29 is 4.79 Å². The summed E-state index contributed by atoms with van der Waals surface area (Å²) in [6.07, 6.45) is 1.75. The van der Waals surface area contributed by atoms with Crippen LogP contribution >= 0.6 is 34.7 Å². The summed E-state index contributed by atoms with van der Waals surface area (Å²) < 4.78 is 0.736. The topological polar surface area (TPSA) is 66.9 Å². The Morgan fingerprint density at radius 1 is 1.55 bits per heavy atom. The molecule has 2 aromatic rings. The average Bonchev–Trinajstić information content (AvgIpc) is 2.92. The second-order valence-corrected chi connectivity index (χ2v) is 7.30. The zero-order valence-corrected chi connectivity index (χ0v) is 14.3. The SMILES string of the molecule is C=CCNc1nnc(S[C@H](C)C(=O)Nc2cccc(Cl)c2)s1. The van der Waals surface area contributed by atoms with Crippen LogP contribution in [0.15, 0.2) is 41.3 Å². The Labute approximate surface area is 142 Å². The fourth-order valence-corrected chi connectivity index (χ4v) is 3.60. The molecular formula is C14H15ClN4OS2. The lowest BCUT2D eigenvalue weighted by molar-refractivity contribution is -0.115. The third-order valence-corrected chi connectivity index (χ3v) is 4.84. The van der Waals surface area contributed by atoms with Gasteiger partial charge in [0.05, 0.1) is 5.25 Å². The van der Waals surface area contributed by atoms with E-state index >= 15 is 0 Å². The van der Waals surface area contributed by atoms with Gasteiger partial charge in [0.25, 0.3) is 0 Å². The van der Waals surface area contributed by atoms with Gasteiger partial charge in [-0.3, -0.25) is 4.79 Å². The Hall–Kier alpha value is -1.57. The summed E-state index contributed by atoms with van der Waals surface area (Å²) in [6.45, 7) is 6.08. The van der Waals surface area contributed by atoms with E-state index in [1.807, 2.05) is 6.92 Å². The second kappa shape index (κ2) is 8.17. The Morgan fingerprint density at radius 2 is 2.36 bits per heavy atom. The van der Waals surface area contributed by atoms with Crippen molar-refractivity contribution in [3.05, 3.63) is 41.9 Å². The highest BCUT2D eigenvalue weighted by molar-refractivity contribution is 8.02. The van der Waals surface area contributed by atoms with Crippen LogP contribution in [-0.2, 0) is 4.79 Å². The molecule has 1 atom stereocenters. The van der Waals surface area contributed by atoms with Crippen LogP contribution in [0.4, 0.5) is 10.8 Å². The highest BCUT2D eigenvalue weighted by Crippen LogP contribution is 2.29. The highest BCUT2D eigenvalue weighted by Gasteiger charge is 2.17. The van der Waals surface area contributed by atoms with Crippen LogP contribution in [0.5, 0.6) is 0 Å². The van der Waals surface area contributed by atoms with E-state index in [1.54, 1.807) is 30.3 Å². The third-order valence-electron chi connectivity index (χ3n) is 2.54. The number of hydrogen-bond donors (Lipinski definition) is 2. The van der Waals surface area contributed by atoms with E-state index < -0.39 is 0 Å². The zero-order valence-electron chi connectivity index (χ0n) is 11.9. The molecule has 0 radical (unpaired) electrons. The van der Waals surface area contributed by atoms with Crippen LogP contribution in [0.1, 0.15) is 6.92 Å². The number of rotatable bonds is 7. The first kappa shape index (κ1) is 16.8. The molecule has 0 saturated heterocycles. The molecule has 8 heteroatoms. The Balaban J connectivity index is 1.90. The van der Waals surface area contributed by atoms with Gasteiger partial charge >= 0.3 is 0 Å². The molecule has 0 bridgehead atoms. The number of carbonyl (C=O) groups is 1. The molecule has 1 amide bonds. The van der Waals surface area contributed by atoms with Crippen molar-refractivity contribution in [3.63, 3.8) is 0 Å². The van der Waals surface area contributed by atoms with Gasteiger partial charge in [-0.2, -0.15) is 0 Å². The van der Waals surface area contributed by atoms with Gasteiger partial charge in [-0.05, 0) is 25.1 Å². The lowest BCUT2D eigenvalue weighted by Gasteiger charge is -2.10. The predicted molar refractivity (Wildman–Crippen MR) is 94.0 cm³/mol. The van der Waals surface area contributed by atoms with Gasteiger partial charge in [-0.1, -0.05) is 46.8 Å². The second-order valence-electron chi connectivity index (χ2n) is 4.30. The zero-order chi connectivity index (χ0) is 15.9. The van der Waals surface area contributed by atoms with E-state index in [-0.39, 0.29) is 11.2 Å². The summed E-state index contributed by atoms with van der Waals surface area (Å²) in [4.78, 5) is 12.2. The number of amides is 1.